The molecule has 0 fully saturated rings. The van der Waals surface area contributed by atoms with Crippen molar-refractivity contribution in [2.75, 3.05) is 33.4 Å². The molecule has 0 saturated carbocycles. The largest absolute Gasteiger partial charge is 0.497 e. The van der Waals surface area contributed by atoms with Gasteiger partial charge in [0, 0.05) is 26.3 Å². The van der Waals surface area contributed by atoms with E-state index in [2.05, 4.69) is 47.0 Å². The van der Waals surface area contributed by atoms with E-state index in [9.17, 15) is 19.2 Å². The first-order valence-corrected chi connectivity index (χ1v) is 20.7. The molecule has 6 aromatic carbocycles. The molecule has 0 aliphatic heterocycles. The molecule has 0 saturated heterocycles. The minimum absolute atomic E-state index is 0.0743. The van der Waals surface area contributed by atoms with E-state index < -0.39 is 11.5 Å². The van der Waals surface area contributed by atoms with Crippen molar-refractivity contribution in [3.05, 3.63) is 186 Å². The van der Waals surface area contributed by atoms with Crippen molar-refractivity contribution < 1.29 is 38.1 Å². The first-order valence-electron chi connectivity index (χ1n) is 20.7. The monoisotopic (exact) mass is 832 g/mol. The average Bonchev–Trinajstić information content (AvgIpc) is 3.32. The number of hydrogen-bond acceptors (Lipinski definition) is 9. The molecule has 0 spiro atoms. The van der Waals surface area contributed by atoms with Crippen LogP contribution in [0.2, 0.25) is 0 Å². The summed E-state index contributed by atoms with van der Waals surface area (Å²) in [6, 6.07) is 50.2. The van der Waals surface area contributed by atoms with Crippen LogP contribution in [0.5, 0.6) is 17.2 Å². The number of rotatable bonds is 23. The number of nitrogens with one attached hydrogen (secondary N) is 2. The molecule has 6 aromatic rings. The topological polar surface area (TPSA) is 129 Å². The highest BCUT2D eigenvalue weighted by Gasteiger charge is 2.35. The summed E-state index contributed by atoms with van der Waals surface area (Å²) in [5, 5.41) is 6.50. The molecule has 0 heterocycles. The van der Waals surface area contributed by atoms with Crippen LogP contribution >= 0.6 is 0 Å². The van der Waals surface area contributed by atoms with Gasteiger partial charge in [-0.2, -0.15) is 0 Å². The number of methoxy groups -OCH3 is 1. The van der Waals surface area contributed by atoms with Crippen LogP contribution in [0.1, 0.15) is 65.2 Å². The molecule has 0 atom stereocenters. The Morgan fingerprint density at radius 3 is 1.66 bits per heavy atom. The fourth-order valence-electron chi connectivity index (χ4n) is 7.12. The minimum Gasteiger partial charge on any atom is -0.497 e. The smallest absolute Gasteiger partial charge is 0.338 e. The van der Waals surface area contributed by atoms with Gasteiger partial charge in [-0.1, -0.05) is 115 Å². The van der Waals surface area contributed by atoms with Crippen molar-refractivity contribution >= 4 is 23.4 Å². The average molecular weight is 833 g/mol. The first kappa shape index (κ1) is 44.5. The fraction of sp³-hybridized carbons (Fsp3) is 0.231. The molecule has 0 aromatic heterocycles. The number of carbonyl (C=O) groups is 4. The van der Waals surface area contributed by atoms with Gasteiger partial charge in [0.25, 0.3) is 0 Å². The third kappa shape index (κ3) is 12.5. The van der Waals surface area contributed by atoms with E-state index in [1.54, 1.807) is 37.4 Å². The van der Waals surface area contributed by atoms with Crippen molar-refractivity contribution in [1.29, 1.82) is 0 Å². The Bertz CT molecular complexity index is 2330. The van der Waals surface area contributed by atoms with Gasteiger partial charge >= 0.3 is 5.97 Å². The number of ketones is 2. The van der Waals surface area contributed by atoms with Gasteiger partial charge in [0.05, 0.1) is 18.2 Å². The standard InChI is InChI=1S/C52H52N2O8/c1-38(55)53-30-12-20-46(56)36-60-49-26-22-40(23-27-49)41-32-42(51(58)62-35-39-14-6-3-7-15-39)34-50(33-41)61-37-47(57)21-13-31-54-52(43-16-8-4-9-17-43,44-18-10-5-11-19-44)45-24-28-48(59-2)29-25-45/h3-11,14-19,22-29,32-34,54H,12-13,20-21,30-31,35-37H2,1-2H3,(H,53,55). The second kappa shape index (κ2) is 22.5. The third-order valence-corrected chi connectivity index (χ3v) is 10.3. The Morgan fingerprint density at radius 2 is 1.08 bits per heavy atom. The number of benzene rings is 6. The minimum atomic E-state index is -0.697. The van der Waals surface area contributed by atoms with Crippen LogP contribution in [0.3, 0.4) is 0 Å². The van der Waals surface area contributed by atoms with Crippen LogP contribution in [0.25, 0.3) is 11.1 Å². The van der Waals surface area contributed by atoms with Crippen LogP contribution in [0.15, 0.2) is 158 Å². The van der Waals surface area contributed by atoms with Gasteiger partial charge in [-0.15, -0.1) is 0 Å². The zero-order chi connectivity index (χ0) is 43.6. The number of esters is 1. The molecule has 318 valence electrons. The summed E-state index contributed by atoms with van der Waals surface area (Å²) in [5.74, 6) is 0.780. The summed E-state index contributed by atoms with van der Waals surface area (Å²) in [7, 11) is 1.65. The SMILES string of the molecule is COc1ccc(C(NCCCC(=O)COc2cc(C(=O)OCc3ccccc3)cc(-c3ccc(OCC(=O)CCCNC(C)=O)cc3)c2)(c2ccccc2)c2ccccc2)cc1. The Morgan fingerprint density at radius 1 is 0.548 bits per heavy atom. The molecule has 1 amide bonds. The Kier molecular flexibility index (Phi) is 16.2. The molecule has 10 heteroatoms. The predicted molar refractivity (Wildman–Crippen MR) is 239 cm³/mol. The highest BCUT2D eigenvalue weighted by atomic mass is 16.5. The zero-order valence-electron chi connectivity index (χ0n) is 35.1. The van der Waals surface area contributed by atoms with Crippen LogP contribution in [0, 0.1) is 0 Å². The number of carbonyl (C=O) groups excluding carboxylic acids is 4. The summed E-state index contributed by atoms with van der Waals surface area (Å²) in [6.07, 6.45) is 1.64. The van der Waals surface area contributed by atoms with Crippen molar-refractivity contribution in [3.8, 4) is 28.4 Å². The summed E-state index contributed by atoms with van der Waals surface area (Å²) in [5.41, 5.74) is 5.01. The molecule has 62 heavy (non-hydrogen) atoms. The van der Waals surface area contributed by atoms with E-state index in [0.29, 0.717) is 49.4 Å². The van der Waals surface area contributed by atoms with Gasteiger partial charge in [0.2, 0.25) is 5.91 Å². The van der Waals surface area contributed by atoms with Gasteiger partial charge in [0.15, 0.2) is 11.6 Å². The Balaban J connectivity index is 1.12. The van der Waals surface area contributed by atoms with Gasteiger partial charge in [-0.25, -0.2) is 4.79 Å². The highest BCUT2D eigenvalue weighted by molar-refractivity contribution is 5.92. The van der Waals surface area contributed by atoms with Crippen molar-refractivity contribution in [1.82, 2.24) is 10.6 Å². The van der Waals surface area contributed by atoms with Crippen LogP contribution < -0.4 is 24.8 Å². The predicted octanol–water partition coefficient (Wildman–Crippen LogP) is 8.89. The highest BCUT2D eigenvalue weighted by Crippen LogP contribution is 2.37. The van der Waals surface area contributed by atoms with E-state index in [-0.39, 0.29) is 49.3 Å². The van der Waals surface area contributed by atoms with Crippen molar-refractivity contribution in [2.45, 2.75) is 44.8 Å². The summed E-state index contributed by atoms with van der Waals surface area (Å²) >= 11 is 0. The normalized spacial score (nSPS) is 11.0. The lowest BCUT2D eigenvalue weighted by Crippen LogP contribution is -2.45. The van der Waals surface area contributed by atoms with E-state index in [1.165, 1.54) is 6.92 Å². The lowest BCUT2D eigenvalue weighted by Gasteiger charge is -2.37. The van der Waals surface area contributed by atoms with Gasteiger partial charge in [-0.3, -0.25) is 19.7 Å². The van der Waals surface area contributed by atoms with Crippen molar-refractivity contribution in [2.24, 2.45) is 0 Å². The zero-order valence-corrected chi connectivity index (χ0v) is 35.1. The fourth-order valence-corrected chi connectivity index (χ4v) is 7.12. The maximum atomic E-state index is 13.4. The Hall–Kier alpha value is -7.04. The summed E-state index contributed by atoms with van der Waals surface area (Å²) < 4.78 is 22.9. The van der Waals surface area contributed by atoms with Gasteiger partial charge in [0.1, 0.15) is 37.1 Å². The number of amides is 1. The van der Waals surface area contributed by atoms with Gasteiger partial charge < -0.3 is 24.3 Å². The quantitative estimate of drug-likeness (QED) is 0.0370. The lowest BCUT2D eigenvalue weighted by molar-refractivity contribution is -0.122. The molecule has 6 rings (SSSR count). The van der Waals surface area contributed by atoms with Crippen LogP contribution in [0.4, 0.5) is 0 Å². The Labute approximate surface area is 363 Å². The lowest BCUT2D eigenvalue weighted by atomic mass is 9.77. The van der Waals surface area contributed by atoms with E-state index >= 15 is 0 Å². The summed E-state index contributed by atoms with van der Waals surface area (Å²) in [4.78, 5) is 50.1. The van der Waals surface area contributed by atoms with Crippen LogP contribution in [-0.4, -0.2) is 56.9 Å². The maximum Gasteiger partial charge on any atom is 0.338 e. The van der Waals surface area contributed by atoms with Crippen LogP contribution in [-0.2, 0) is 31.3 Å². The molecular formula is C52H52N2O8. The second-order valence-corrected chi connectivity index (χ2v) is 14.8. The summed E-state index contributed by atoms with van der Waals surface area (Å²) in [6.45, 7) is 2.22. The van der Waals surface area contributed by atoms with Gasteiger partial charge in [-0.05, 0) is 95.2 Å². The first-order chi connectivity index (χ1) is 30.2. The maximum absolute atomic E-state index is 13.4. The molecule has 0 aliphatic rings. The molecule has 0 unspecified atom stereocenters. The molecule has 2 N–H and O–H groups in total. The van der Waals surface area contributed by atoms with E-state index in [0.717, 1.165) is 33.6 Å². The van der Waals surface area contributed by atoms with E-state index in [1.807, 2.05) is 91.0 Å². The number of hydrogen-bond donors (Lipinski definition) is 2. The van der Waals surface area contributed by atoms with Crippen molar-refractivity contribution in [3.63, 3.8) is 0 Å². The molecule has 0 radical (unpaired) electrons. The number of ether oxygens (including phenoxy) is 4. The molecule has 10 nitrogen and oxygen atoms in total. The molecular weight excluding hydrogens is 781 g/mol. The van der Waals surface area contributed by atoms with E-state index in [4.69, 9.17) is 18.9 Å². The second-order valence-electron chi connectivity index (χ2n) is 14.8. The molecule has 0 aliphatic carbocycles. The number of Topliss-reactive ketones (excluding diaryl/α,β-unsaturated/α-hetero) is 2. The molecule has 0 bridgehead atoms. The third-order valence-electron chi connectivity index (χ3n) is 10.3.